The lowest BCUT2D eigenvalue weighted by molar-refractivity contribution is 0.242. The van der Waals surface area contributed by atoms with Gasteiger partial charge in [0.1, 0.15) is 17.2 Å². The third kappa shape index (κ3) is 2.83. The molecule has 4 aromatic heterocycles. The Morgan fingerprint density at radius 3 is 2.77 bits per heavy atom. The molecule has 4 aromatic rings. The van der Waals surface area contributed by atoms with Crippen molar-refractivity contribution in [2.45, 2.75) is 13.3 Å². The molecule has 2 N–H and O–H groups in total. The second-order valence-electron chi connectivity index (χ2n) is 8.40. The quantitative estimate of drug-likeness (QED) is 0.548. The van der Waals surface area contributed by atoms with Gasteiger partial charge in [0.05, 0.1) is 35.0 Å². The number of pyridine rings is 2. The molecule has 2 aliphatic rings. The van der Waals surface area contributed by atoms with Crippen molar-refractivity contribution in [3.8, 4) is 22.8 Å². The number of H-pyrrole nitrogens is 1. The number of hydrogen-bond donors (Lipinski definition) is 2. The van der Waals surface area contributed by atoms with E-state index in [4.69, 9.17) is 9.97 Å². The van der Waals surface area contributed by atoms with Crippen molar-refractivity contribution in [1.82, 2.24) is 35.5 Å². The average molecular weight is 398 g/mol. The zero-order valence-electron chi connectivity index (χ0n) is 16.8. The summed E-state index contributed by atoms with van der Waals surface area (Å²) in [4.78, 5) is 21.1. The minimum atomic E-state index is 0.428. The molecular formula is C22H22N8. The van der Waals surface area contributed by atoms with Gasteiger partial charge in [-0.3, -0.25) is 10.1 Å². The maximum atomic E-state index is 4.97. The van der Waals surface area contributed by atoms with E-state index in [0.717, 1.165) is 71.4 Å². The minimum Gasteiger partial charge on any atom is -0.355 e. The number of rotatable bonds is 3. The van der Waals surface area contributed by atoms with E-state index in [9.17, 15) is 0 Å². The van der Waals surface area contributed by atoms with E-state index in [1.165, 1.54) is 6.42 Å². The fraction of sp³-hybridized carbons (Fsp3) is 0.318. The number of anilines is 1. The molecule has 0 aromatic carbocycles. The third-order valence-corrected chi connectivity index (χ3v) is 6.14. The van der Waals surface area contributed by atoms with Crippen LogP contribution in [0.2, 0.25) is 0 Å². The van der Waals surface area contributed by atoms with Crippen molar-refractivity contribution >= 4 is 16.7 Å². The van der Waals surface area contributed by atoms with Gasteiger partial charge in [-0.05, 0) is 38.1 Å². The van der Waals surface area contributed by atoms with Crippen molar-refractivity contribution in [1.29, 1.82) is 0 Å². The van der Waals surface area contributed by atoms with Crippen LogP contribution in [0.25, 0.3) is 33.7 Å². The molecule has 6 rings (SSSR count). The number of hydrogen-bond acceptors (Lipinski definition) is 7. The third-order valence-electron chi connectivity index (χ3n) is 6.14. The van der Waals surface area contributed by atoms with Crippen molar-refractivity contribution in [2.24, 2.45) is 5.41 Å². The van der Waals surface area contributed by atoms with Gasteiger partial charge in [0.15, 0.2) is 0 Å². The Bertz CT molecular complexity index is 1230. The lowest BCUT2D eigenvalue weighted by Crippen LogP contribution is -2.57. The van der Waals surface area contributed by atoms with Crippen LogP contribution < -0.4 is 10.2 Å². The summed E-state index contributed by atoms with van der Waals surface area (Å²) in [5.41, 5.74) is 5.33. The van der Waals surface area contributed by atoms with Crippen molar-refractivity contribution in [2.75, 3.05) is 31.1 Å². The summed E-state index contributed by atoms with van der Waals surface area (Å²) >= 11 is 0. The maximum absolute atomic E-state index is 4.97. The van der Waals surface area contributed by atoms with E-state index in [1.54, 1.807) is 18.6 Å². The lowest BCUT2D eigenvalue weighted by Gasteiger charge is -2.48. The average Bonchev–Trinajstić information content (AvgIpc) is 3.42. The molecule has 6 heterocycles. The SMILES string of the molecule is Cc1cncc(-c2cc3[nH]ncc3c(-c3cccc(N4CC5(CCNC5)C4)n3)n2)n1. The van der Waals surface area contributed by atoms with E-state index >= 15 is 0 Å². The second kappa shape index (κ2) is 6.56. The molecule has 0 radical (unpaired) electrons. The molecule has 0 unspecified atom stereocenters. The number of fused-ring (bicyclic) bond motifs is 1. The number of aryl methyl sites for hydroxylation is 1. The van der Waals surface area contributed by atoms with Gasteiger partial charge in [-0.15, -0.1) is 0 Å². The number of nitrogens with one attached hydrogen (secondary N) is 2. The van der Waals surface area contributed by atoms with Crippen LogP contribution in [0.15, 0.2) is 42.9 Å². The topological polar surface area (TPSA) is 95.5 Å². The Balaban J connectivity index is 1.40. The van der Waals surface area contributed by atoms with E-state index < -0.39 is 0 Å². The minimum absolute atomic E-state index is 0.428. The monoisotopic (exact) mass is 398 g/mol. The number of aromatic nitrogens is 6. The Kier molecular flexibility index (Phi) is 3.82. The molecule has 0 amide bonds. The number of aromatic amines is 1. The molecule has 150 valence electrons. The molecule has 0 aliphatic carbocycles. The molecule has 8 nitrogen and oxygen atoms in total. The number of nitrogens with zero attached hydrogens (tertiary/aromatic N) is 6. The van der Waals surface area contributed by atoms with Crippen LogP contribution in [0, 0.1) is 12.3 Å². The van der Waals surface area contributed by atoms with Crippen LogP contribution in [0.5, 0.6) is 0 Å². The van der Waals surface area contributed by atoms with Crippen LogP contribution in [-0.2, 0) is 0 Å². The van der Waals surface area contributed by atoms with Crippen LogP contribution in [0.1, 0.15) is 12.1 Å². The Morgan fingerprint density at radius 1 is 1.00 bits per heavy atom. The molecular weight excluding hydrogens is 376 g/mol. The van der Waals surface area contributed by atoms with Gasteiger partial charge < -0.3 is 10.2 Å². The van der Waals surface area contributed by atoms with E-state index in [-0.39, 0.29) is 0 Å². The predicted molar refractivity (Wildman–Crippen MR) is 115 cm³/mol. The van der Waals surface area contributed by atoms with Crippen LogP contribution >= 0.6 is 0 Å². The first-order chi connectivity index (χ1) is 14.7. The first kappa shape index (κ1) is 17.5. The summed E-state index contributed by atoms with van der Waals surface area (Å²) in [6, 6.07) is 8.12. The molecule has 2 aliphatic heterocycles. The van der Waals surface area contributed by atoms with Crippen LogP contribution in [-0.4, -0.2) is 56.3 Å². The smallest absolute Gasteiger partial charge is 0.129 e. The highest BCUT2D eigenvalue weighted by molar-refractivity contribution is 5.93. The zero-order valence-corrected chi connectivity index (χ0v) is 16.8. The van der Waals surface area contributed by atoms with Crippen molar-refractivity contribution in [3.05, 3.63) is 48.5 Å². The summed E-state index contributed by atoms with van der Waals surface area (Å²) in [5.74, 6) is 1.00. The standard InChI is InChI=1S/C22H22N8/c1-14-8-24-10-19(26-14)18-7-17-15(9-25-29-17)21(28-18)16-3-2-4-20(27-16)30-12-22(13-30)5-6-23-11-22/h2-4,7-10,23H,5-6,11-13H2,1H3,(H,25,29). The summed E-state index contributed by atoms with van der Waals surface area (Å²) < 4.78 is 0. The Labute approximate surface area is 173 Å². The highest BCUT2D eigenvalue weighted by Crippen LogP contribution is 2.39. The van der Waals surface area contributed by atoms with Gasteiger partial charge in [0.25, 0.3) is 0 Å². The van der Waals surface area contributed by atoms with E-state index in [1.807, 2.05) is 19.1 Å². The molecule has 8 heteroatoms. The molecule has 1 spiro atoms. The summed E-state index contributed by atoms with van der Waals surface area (Å²) in [6.45, 7) is 6.28. The first-order valence-corrected chi connectivity index (χ1v) is 10.3. The van der Waals surface area contributed by atoms with E-state index in [2.05, 4.69) is 42.5 Å². The molecule has 2 saturated heterocycles. The van der Waals surface area contributed by atoms with Crippen molar-refractivity contribution in [3.63, 3.8) is 0 Å². The fourth-order valence-electron chi connectivity index (χ4n) is 4.58. The van der Waals surface area contributed by atoms with Crippen molar-refractivity contribution < 1.29 is 0 Å². The van der Waals surface area contributed by atoms with Crippen LogP contribution in [0.3, 0.4) is 0 Å². The summed E-state index contributed by atoms with van der Waals surface area (Å²) in [6.07, 6.45) is 6.53. The molecule has 30 heavy (non-hydrogen) atoms. The van der Waals surface area contributed by atoms with Gasteiger partial charge in [-0.25, -0.2) is 15.0 Å². The normalized spacial score (nSPS) is 17.6. The molecule has 0 saturated carbocycles. The second-order valence-corrected chi connectivity index (χ2v) is 8.40. The van der Waals surface area contributed by atoms with Gasteiger partial charge in [0.2, 0.25) is 0 Å². The van der Waals surface area contributed by atoms with Gasteiger partial charge in [-0.1, -0.05) is 6.07 Å². The van der Waals surface area contributed by atoms with Gasteiger partial charge >= 0.3 is 0 Å². The highest BCUT2D eigenvalue weighted by atomic mass is 15.3. The molecule has 0 atom stereocenters. The Morgan fingerprint density at radius 2 is 1.93 bits per heavy atom. The largest absolute Gasteiger partial charge is 0.355 e. The predicted octanol–water partition coefficient (Wildman–Crippen LogP) is 2.59. The molecule has 2 fully saturated rings. The fourth-order valence-corrected chi connectivity index (χ4v) is 4.58. The maximum Gasteiger partial charge on any atom is 0.129 e. The van der Waals surface area contributed by atoms with Gasteiger partial charge in [-0.2, -0.15) is 5.10 Å². The summed E-state index contributed by atoms with van der Waals surface area (Å²) in [5, 5.41) is 11.7. The van der Waals surface area contributed by atoms with Gasteiger partial charge in [0, 0.05) is 36.6 Å². The highest BCUT2D eigenvalue weighted by Gasteiger charge is 2.45. The van der Waals surface area contributed by atoms with E-state index in [0.29, 0.717) is 5.41 Å². The first-order valence-electron chi connectivity index (χ1n) is 10.3. The van der Waals surface area contributed by atoms with Crippen LogP contribution in [0.4, 0.5) is 5.82 Å². The zero-order chi connectivity index (χ0) is 20.1. The lowest BCUT2D eigenvalue weighted by atomic mass is 9.79. The Hall–Kier alpha value is -3.39. The summed E-state index contributed by atoms with van der Waals surface area (Å²) in [7, 11) is 0. The molecule has 0 bridgehead atoms.